The molecule has 1 aliphatic carbocycles. The number of hydrogen-bond donors (Lipinski definition) is 2. The van der Waals surface area contributed by atoms with E-state index < -0.39 is 45.3 Å². The molecule has 36 heavy (non-hydrogen) atoms. The average molecular weight is 576 g/mol. The Hall–Kier alpha value is -2.45. The number of alkyl halides is 2. The molecule has 0 bridgehead atoms. The van der Waals surface area contributed by atoms with Crippen LogP contribution in [0.15, 0.2) is 48.5 Å². The molecule has 0 aliphatic heterocycles. The normalized spacial score (nSPS) is 18.0. The maximum absolute atomic E-state index is 13.9. The summed E-state index contributed by atoms with van der Waals surface area (Å²) in [7, 11) is 0. The van der Waals surface area contributed by atoms with Gasteiger partial charge in [-0.3, -0.25) is 9.59 Å². The Morgan fingerprint density at radius 1 is 0.944 bits per heavy atom. The summed E-state index contributed by atoms with van der Waals surface area (Å²) in [5, 5.41) is 5.38. The second-order valence-electron chi connectivity index (χ2n) is 8.32. The van der Waals surface area contributed by atoms with Gasteiger partial charge in [0.15, 0.2) is 5.78 Å². The Kier molecular flexibility index (Phi) is 7.49. The third-order valence-corrected chi connectivity index (χ3v) is 7.54. The van der Waals surface area contributed by atoms with E-state index in [2.05, 4.69) is 10.6 Å². The van der Waals surface area contributed by atoms with E-state index in [0.717, 1.165) is 12.1 Å². The zero-order valence-electron chi connectivity index (χ0n) is 18.4. The molecule has 2 unspecified atom stereocenters. The monoisotopic (exact) mass is 574 g/mol. The second kappa shape index (κ2) is 10.1. The molecule has 1 amide bonds. The molecule has 0 radical (unpaired) electrons. The molecule has 0 saturated heterocycles. The molecular weight excluding hydrogens is 559 g/mol. The van der Waals surface area contributed by atoms with Gasteiger partial charge >= 0.3 is 0 Å². The maximum atomic E-state index is 13.9. The van der Waals surface area contributed by atoms with Gasteiger partial charge in [0, 0.05) is 28.3 Å². The Morgan fingerprint density at radius 2 is 1.67 bits per heavy atom. The predicted molar refractivity (Wildman–Crippen MR) is 136 cm³/mol. The summed E-state index contributed by atoms with van der Waals surface area (Å²) in [6, 6.07) is 9.82. The molecule has 1 aliphatic rings. The largest absolute Gasteiger partial charge is 0.375 e. The number of anilines is 2. The van der Waals surface area contributed by atoms with Crippen molar-refractivity contribution in [3.05, 3.63) is 92.7 Å². The first kappa shape index (κ1) is 26.6. The molecule has 3 aromatic carbocycles. The zero-order valence-corrected chi connectivity index (χ0v) is 21.5. The number of nitrogens with one attached hydrogen (secondary N) is 2. The van der Waals surface area contributed by atoms with E-state index in [4.69, 9.17) is 46.4 Å². The van der Waals surface area contributed by atoms with Crippen LogP contribution in [0.2, 0.25) is 10.0 Å². The summed E-state index contributed by atoms with van der Waals surface area (Å²) in [6.45, 7) is 1.32. The third kappa shape index (κ3) is 5.30. The summed E-state index contributed by atoms with van der Waals surface area (Å²) in [4.78, 5) is 25.8. The molecule has 11 heteroatoms. The van der Waals surface area contributed by atoms with Crippen molar-refractivity contribution in [1.82, 2.24) is 0 Å². The predicted octanol–water partition coefficient (Wildman–Crippen LogP) is 7.54. The highest BCUT2D eigenvalue weighted by Gasteiger charge is 2.67. The Balaban J connectivity index is 1.50. The van der Waals surface area contributed by atoms with Crippen molar-refractivity contribution in [1.29, 1.82) is 0 Å². The lowest BCUT2D eigenvalue weighted by molar-refractivity contribution is -0.117. The van der Waals surface area contributed by atoms with Crippen molar-refractivity contribution in [2.75, 3.05) is 17.2 Å². The van der Waals surface area contributed by atoms with Crippen molar-refractivity contribution in [2.24, 2.45) is 5.92 Å². The van der Waals surface area contributed by atoms with Gasteiger partial charge in [-0.1, -0.05) is 29.3 Å². The molecule has 0 spiro atoms. The molecule has 1 fully saturated rings. The number of amides is 1. The van der Waals surface area contributed by atoms with Crippen LogP contribution >= 0.6 is 46.4 Å². The number of Topliss-reactive ketones (excluding diaryl/α,β-unsaturated/α-hetero) is 1. The van der Waals surface area contributed by atoms with E-state index in [9.17, 15) is 22.8 Å². The van der Waals surface area contributed by atoms with Gasteiger partial charge in [-0.25, -0.2) is 13.2 Å². The summed E-state index contributed by atoms with van der Waals surface area (Å²) < 4.78 is 39.0. The Morgan fingerprint density at radius 3 is 2.33 bits per heavy atom. The van der Waals surface area contributed by atoms with Crippen LogP contribution in [0.4, 0.5) is 24.5 Å². The molecule has 0 heterocycles. The molecule has 188 valence electrons. The molecular formula is C25H17Cl4F3N2O2. The lowest BCUT2D eigenvalue weighted by atomic mass is 10.0. The van der Waals surface area contributed by atoms with Crippen molar-refractivity contribution in [2.45, 2.75) is 17.2 Å². The number of benzene rings is 3. The second-order valence-corrected chi connectivity index (χ2v) is 10.6. The van der Waals surface area contributed by atoms with Crippen molar-refractivity contribution in [3.8, 4) is 0 Å². The minimum atomic E-state index is -1.44. The highest BCUT2D eigenvalue weighted by Crippen LogP contribution is 2.65. The van der Waals surface area contributed by atoms with Gasteiger partial charge in [0.05, 0.1) is 23.2 Å². The number of carbonyl (C=O) groups excluding carboxylic acids is 2. The quantitative estimate of drug-likeness (QED) is 0.226. The van der Waals surface area contributed by atoms with Crippen LogP contribution in [0.3, 0.4) is 0 Å². The van der Waals surface area contributed by atoms with Gasteiger partial charge in [-0.05, 0) is 54.4 Å². The summed E-state index contributed by atoms with van der Waals surface area (Å²) >= 11 is 24.8. The topological polar surface area (TPSA) is 58.2 Å². The van der Waals surface area contributed by atoms with Gasteiger partial charge in [0.2, 0.25) is 5.91 Å². The van der Waals surface area contributed by atoms with Gasteiger partial charge < -0.3 is 10.6 Å². The molecule has 2 atom stereocenters. The fraction of sp³-hybridized carbons (Fsp3) is 0.200. The van der Waals surface area contributed by atoms with Crippen LogP contribution in [0, 0.1) is 30.3 Å². The van der Waals surface area contributed by atoms with Crippen LogP contribution in [-0.4, -0.2) is 22.6 Å². The molecule has 2 N–H and O–H groups in total. The van der Waals surface area contributed by atoms with Gasteiger partial charge in [0.1, 0.15) is 21.8 Å². The molecule has 4 nitrogen and oxygen atoms in total. The van der Waals surface area contributed by atoms with Gasteiger partial charge in [-0.2, -0.15) is 0 Å². The lowest BCUT2D eigenvalue weighted by Crippen LogP contribution is -2.19. The van der Waals surface area contributed by atoms with Crippen LogP contribution in [-0.2, 0) is 4.79 Å². The number of hydrogen-bond acceptors (Lipinski definition) is 3. The first-order valence-electron chi connectivity index (χ1n) is 10.6. The summed E-state index contributed by atoms with van der Waals surface area (Å²) in [6.07, 6.45) is 0. The van der Waals surface area contributed by atoms with E-state index in [0.29, 0.717) is 17.2 Å². The third-order valence-electron chi connectivity index (χ3n) is 5.92. The molecule has 4 rings (SSSR count). The van der Waals surface area contributed by atoms with Crippen molar-refractivity contribution < 1.29 is 22.8 Å². The first-order valence-corrected chi connectivity index (χ1v) is 12.1. The van der Waals surface area contributed by atoms with Gasteiger partial charge in [0.25, 0.3) is 0 Å². The Labute approximate surface area is 224 Å². The fourth-order valence-electron chi connectivity index (χ4n) is 3.94. The Bertz CT molecular complexity index is 1380. The van der Waals surface area contributed by atoms with E-state index in [1.807, 2.05) is 0 Å². The number of ketones is 1. The SMILES string of the molecule is Cc1c(Cl)cc(NC(=O)C2C(c3ccc(F)c(Cl)c3)C2(Cl)Cl)cc1C(=O)CNc1ccc(F)cc1F. The van der Waals surface area contributed by atoms with E-state index in [1.54, 1.807) is 6.92 Å². The van der Waals surface area contributed by atoms with Gasteiger partial charge in [-0.15, -0.1) is 23.2 Å². The van der Waals surface area contributed by atoms with Crippen LogP contribution in [0.1, 0.15) is 27.4 Å². The number of carbonyl (C=O) groups is 2. The maximum Gasteiger partial charge on any atom is 0.231 e. The molecule has 0 aromatic heterocycles. The minimum absolute atomic E-state index is 0.0424. The lowest BCUT2D eigenvalue weighted by Gasteiger charge is -2.13. The highest BCUT2D eigenvalue weighted by molar-refractivity contribution is 6.53. The fourth-order valence-corrected chi connectivity index (χ4v) is 5.17. The smallest absolute Gasteiger partial charge is 0.231 e. The van der Waals surface area contributed by atoms with E-state index >= 15 is 0 Å². The van der Waals surface area contributed by atoms with Crippen molar-refractivity contribution in [3.63, 3.8) is 0 Å². The van der Waals surface area contributed by atoms with Crippen LogP contribution < -0.4 is 10.6 Å². The van der Waals surface area contributed by atoms with E-state index in [1.165, 1.54) is 30.3 Å². The average Bonchev–Trinajstić information content (AvgIpc) is 3.39. The zero-order chi connectivity index (χ0) is 26.4. The summed E-state index contributed by atoms with van der Waals surface area (Å²) in [5.74, 6) is -4.67. The standard InChI is InChI=1S/C25H17Cl4F3N2O2/c1-11-15(21(35)10-33-20-5-3-13(30)7-19(20)32)8-14(9-16(11)26)34-24(36)23-22(25(23,28)29)12-2-4-18(31)17(27)6-12/h2-9,22-23,33H,10H2,1H3,(H,34,36). The van der Waals surface area contributed by atoms with Crippen LogP contribution in [0.5, 0.6) is 0 Å². The first-order chi connectivity index (χ1) is 16.9. The highest BCUT2D eigenvalue weighted by atomic mass is 35.5. The van der Waals surface area contributed by atoms with E-state index in [-0.39, 0.29) is 33.5 Å². The number of rotatable bonds is 7. The van der Waals surface area contributed by atoms with Crippen LogP contribution in [0.25, 0.3) is 0 Å². The molecule has 1 saturated carbocycles. The summed E-state index contributed by atoms with van der Waals surface area (Å²) in [5.41, 5.74) is 1.32. The minimum Gasteiger partial charge on any atom is -0.375 e. The molecule has 3 aromatic rings. The van der Waals surface area contributed by atoms with Crippen molar-refractivity contribution >= 4 is 69.5 Å². The number of halogens is 7.